The molecule has 6 heteroatoms. The van der Waals surface area contributed by atoms with Crippen LogP contribution >= 0.6 is 11.6 Å². The van der Waals surface area contributed by atoms with Crippen molar-refractivity contribution in [3.63, 3.8) is 0 Å². The normalized spacial score (nSPS) is 10.7. The number of fused-ring (bicyclic) bond motifs is 1. The van der Waals surface area contributed by atoms with Crippen LogP contribution in [0, 0.1) is 6.92 Å². The van der Waals surface area contributed by atoms with Crippen molar-refractivity contribution in [1.29, 1.82) is 0 Å². The number of aryl methyl sites for hydroxylation is 1. The molecule has 0 unspecified atom stereocenters. The molecule has 0 bridgehead atoms. The Morgan fingerprint density at radius 2 is 2.23 bits per heavy atom. The summed E-state index contributed by atoms with van der Waals surface area (Å²) < 4.78 is 6.68. The van der Waals surface area contributed by atoms with Gasteiger partial charge in [0.05, 0.1) is 7.11 Å². The Morgan fingerprint density at radius 3 is 2.92 bits per heavy atom. The van der Waals surface area contributed by atoms with Gasteiger partial charge in [-0.2, -0.15) is 0 Å². The zero-order chi connectivity index (χ0) is 9.42. The first-order valence-electron chi connectivity index (χ1n) is 3.64. The summed E-state index contributed by atoms with van der Waals surface area (Å²) in [6.07, 6.45) is 0. The molecule has 0 N–H and O–H groups in total. The first-order chi connectivity index (χ1) is 6.22. The van der Waals surface area contributed by atoms with Crippen LogP contribution in [-0.2, 0) is 0 Å². The van der Waals surface area contributed by atoms with E-state index in [1.807, 2.05) is 6.92 Å². The van der Waals surface area contributed by atoms with Crippen LogP contribution in [0.1, 0.15) is 5.82 Å². The molecule has 2 heterocycles. The van der Waals surface area contributed by atoms with Crippen LogP contribution < -0.4 is 4.74 Å². The standard InChI is InChI=1S/C7H7ClN4O/c1-4-9-5(8)3-6-10-11-7(13-2)12(4)6/h3H,1-2H3. The fraction of sp³-hybridized carbons (Fsp3) is 0.286. The van der Waals surface area contributed by atoms with Crippen LogP contribution in [0.15, 0.2) is 6.07 Å². The zero-order valence-electron chi connectivity index (χ0n) is 7.15. The number of halogens is 1. The van der Waals surface area contributed by atoms with Gasteiger partial charge < -0.3 is 4.74 Å². The van der Waals surface area contributed by atoms with E-state index in [0.717, 1.165) is 0 Å². The topological polar surface area (TPSA) is 52.3 Å². The van der Waals surface area contributed by atoms with Crippen LogP contribution in [0.25, 0.3) is 5.65 Å². The SMILES string of the molecule is COc1nnc2cc(Cl)nc(C)n12. The van der Waals surface area contributed by atoms with Crippen LogP contribution in [0.5, 0.6) is 6.01 Å². The monoisotopic (exact) mass is 198 g/mol. The van der Waals surface area contributed by atoms with Crippen LogP contribution in [0.4, 0.5) is 0 Å². The summed E-state index contributed by atoms with van der Waals surface area (Å²) in [4.78, 5) is 4.05. The average Bonchev–Trinajstić information content (AvgIpc) is 2.47. The van der Waals surface area contributed by atoms with E-state index >= 15 is 0 Å². The van der Waals surface area contributed by atoms with Crippen LogP contribution in [0.3, 0.4) is 0 Å². The highest BCUT2D eigenvalue weighted by atomic mass is 35.5. The molecule has 0 saturated heterocycles. The molecule has 0 aliphatic carbocycles. The summed E-state index contributed by atoms with van der Waals surface area (Å²) in [6, 6.07) is 2.04. The molecule has 0 saturated carbocycles. The molecule has 2 rings (SSSR count). The molecule has 0 spiro atoms. The molecule has 0 aliphatic heterocycles. The first kappa shape index (κ1) is 8.25. The summed E-state index contributed by atoms with van der Waals surface area (Å²) in [5.41, 5.74) is 0.634. The van der Waals surface area contributed by atoms with Gasteiger partial charge in [0.15, 0.2) is 5.65 Å². The third kappa shape index (κ3) is 1.21. The van der Waals surface area contributed by atoms with Crippen molar-refractivity contribution < 1.29 is 4.74 Å². The second-order valence-electron chi connectivity index (χ2n) is 2.51. The summed E-state index contributed by atoms with van der Waals surface area (Å²) in [6.45, 7) is 1.81. The van der Waals surface area contributed by atoms with E-state index in [-0.39, 0.29) is 0 Å². The van der Waals surface area contributed by atoms with Gasteiger partial charge in [-0.25, -0.2) is 9.38 Å². The van der Waals surface area contributed by atoms with Gasteiger partial charge in [0.1, 0.15) is 11.0 Å². The molecular weight excluding hydrogens is 192 g/mol. The summed E-state index contributed by atoms with van der Waals surface area (Å²) in [7, 11) is 1.53. The van der Waals surface area contributed by atoms with Crippen molar-refractivity contribution in [2.24, 2.45) is 0 Å². The van der Waals surface area contributed by atoms with Gasteiger partial charge in [-0.15, -0.1) is 5.10 Å². The van der Waals surface area contributed by atoms with Crippen molar-refractivity contribution in [1.82, 2.24) is 19.6 Å². The molecule has 0 amide bonds. The Bertz CT molecular complexity index is 453. The maximum atomic E-state index is 5.74. The van der Waals surface area contributed by atoms with Gasteiger partial charge in [-0.05, 0) is 6.92 Å². The maximum absolute atomic E-state index is 5.74. The minimum absolute atomic E-state index is 0.403. The van der Waals surface area contributed by atoms with Crippen molar-refractivity contribution in [3.8, 4) is 6.01 Å². The number of rotatable bonds is 1. The summed E-state index contributed by atoms with van der Waals surface area (Å²) in [5.74, 6) is 0.698. The third-order valence-electron chi connectivity index (χ3n) is 1.68. The lowest BCUT2D eigenvalue weighted by Crippen LogP contribution is -1.98. The van der Waals surface area contributed by atoms with Gasteiger partial charge in [-0.3, -0.25) is 0 Å². The van der Waals surface area contributed by atoms with Crippen molar-refractivity contribution in [3.05, 3.63) is 17.0 Å². The second kappa shape index (κ2) is 2.85. The average molecular weight is 199 g/mol. The molecule has 5 nitrogen and oxygen atoms in total. The van der Waals surface area contributed by atoms with E-state index in [0.29, 0.717) is 22.6 Å². The quantitative estimate of drug-likeness (QED) is 0.644. The highest BCUT2D eigenvalue weighted by molar-refractivity contribution is 6.29. The van der Waals surface area contributed by atoms with Crippen molar-refractivity contribution in [2.75, 3.05) is 7.11 Å². The van der Waals surface area contributed by atoms with Gasteiger partial charge in [0.2, 0.25) is 0 Å². The number of hydrogen-bond donors (Lipinski definition) is 0. The van der Waals surface area contributed by atoms with Crippen molar-refractivity contribution in [2.45, 2.75) is 6.92 Å². The maximum Gasteiger partial charge on any atom is 0.322 e. The van der Waals surface area contributed by atoms with Gasteiger partial charge in [0.25, 0.3) is 0 Å². The van der Waals surface area contributed by atoms with E-state index in [2.05, 4.69) is 15.2 Å². The Kier molecular flexibility index (Phi) is 1.81. The lowest BCUT2D eigenvalue weighted by atomic mass is 10.5. The summed E-state index contributed by atoms with van der Waals surface area (Å²) in [5, 5.41) is 8.09. The minimum atomic E-state index is 0.403. The summed E-state index contributed by atoms with van der Waals surface area (Å²) >= 11 is 5.74. The van der Waals surface area contributed by atoms with E-state index < -0.39 is 0 Å². The molecule has 68 valence electrons. The molecule has 2 aromatic rings. The lowest BCUT2D eigenvalue weighted by Gasteiger charge is -2.00. The van der Waals surface area contributed by atoms with E-state index in [1.54, 1.807) is 10.5 Å². The van der Waals surface area contributed by atoms with Gasteiger partial charge in [0, 0.05) is 6.07 Å². The van der Waals surface area contributed by atoms with E-state index in [1.165, 1.54) is 7.11 Å². The Morgan fingerprint density at radius 1 is 1.46 bits per heavy atom. The Hall–Kier alpha value is -1.36. The highest BCUT2D eigenvalue weighted by Gasteiger charge is 2.08. The number of ether oxygens (including phenoxy) is 1. The van der Waals surface area contributed by atoms with Crippen molar-refractivity contribution >= 4 is 17.2 Å². The van der Waals surface area contributed by atoms with Gasteiger partial charge >= 0.3 is 6.01 Å². The molecule has 0 atom stereocenters. The molecule has 0 aliphatic rings. The van der Waals surface area contributed by atoms with Crippen LogP contribution in [-0.4, -0.2) is 26.7 Å². The molecule has 2 aromatic heterocycles. The van der Waals surface area contributed by atoms with E-state index in [4.69, 9.17) is 16.3 Å². The van der Waals surface area contributed by atoms with Gasteiger partial charge in [-0.1, -0.05) is 16.7 Å². The smallest absolute Gasteiger partial charge is 0.322 e. The number of hydrogen-bond acceptors (Lipinski definition) is 4. The highest BCUT2D eigenvalue weighted by Crippen LogP contribution is 2.15. The molecule has 0 radical (unpaired) electrons. The Labute approximate surface area is 79.3 Å². The van der Waals surface area contributed by atoms with Crippen LogP contribution in [0.2, 0.25) is 5.15 Å². The lowest BCUT2D eigenvalue weighted by molar-refractivity contribution is 0.373. The number of methoxy groups -OCH3 is 1. The fourth-order valence-electron chi connectivity index (χ4n) is 1.15. The molecule has 13 heavy (non-hydrogen) atoms. The predicted molar refractivity (Wildman–Crippen MR) is 47.1 cm³/mol. The second-order valence-corrected chi connectivity index (χ2v) is 2.89. The zero-order valence-corrected chi connectivity index (χ0v) is 7.91. The number of nitrogens with zero attached hydrogens (tertiary/aromatic N) is 4. The largest absolute Gasteiger partial charge is 0.467 e. The fourth-order valence-corrected chi connectivity index (χ4v) is 1.37. The predicted octanol–water partition coefficient (Wildman–Crippen LogP) is 1.09. The minimum Gasteiger partial charge on any atom is -0.467 e. The Balaban J connectivity index is 2.82. The first-order valence-corrected chi connectivity index (χ1v) is 4.02. The molecule has 0 fully saturated rings. The molecular formula is C7H7ClN4O. The number of aromatic nitrogens is 4. The third-order valence-corrected chi connectivity index (χ3v) is 1.88. The molecule has 0 aromatic carbocycles. The van der Waals surface area contributed by atoms with E-state index in [9.17, 15) is 0 Å².